The van der Waals surface area contributed by atoms with E-state index in [1.807, 2.05) is 42.5 Å². The standard InChI is InChI=1S/C26H28N2O6S/c1-27-35(30,31)24-15-19(10-11-21(24)32-2)26(29)28-13-12-18-14-22(33-3)23(34-4)16-20(18)25(28)17-8-6-5-7-9-17/h5-11,14-16,25,27H,12-13H2,1-4H3. The molecule has 3 aromatic carbocycles. The van der Waals surface area contributed by atoms with Gasteiger partial charge in [0.25, 0.3) is 5.91 Å². The van der Waals surface area contributed by atoms with Gasteiger partial charge in [0, 0.05) is 12.1 Å². The number of sulfonamides is 1. The van der Waals surface area contributed by atoms with Gasteiger partial charge in [0.2, 0.25) is 10.0 Å². The molecule has 0 aromatic heterocycles. The molecule has 0 saturated carbocycles. The van der Waals surface area contributed by atoms with E-state index in [1.54, 1.807) is 25.2 Å². The van der Waals surface area contributed by atoms with E-state index in [0.29, 0.717) is 24.5 Å². The molecule has 1 aliphatic rings. The maximum absolute atomic E-state index is 13.9. The summed E-state index contributed by atoms with van der Waals surface area (Å²) in [5.74, 6) is 1.09. The Balaban J connectivity index is 1.84. The molecule has 1 aliphatic heterocycles. The van der Waals surface area contributed by atoms with Crippen molar-refractivity contribution in [2.24, 2.45) is 0 Å². The predicted octanol–water partition coefficient (Wildman–Crippen LogP) is 3.41. The van der Waals surface area contributed by atoms with Crippen LogP contribution in [0.15, 0.2) is 65.6 Å². The molecule has 184 valence electrons. The molecule has 0 saturated heterocycles. The number of methoxy groups -OCH3 is 3. The monoisotopic (exact) mass is 496 g/mol. The zero-order valence-electron chi connectivity index (χ0n) is 20.1. The third-order valence-electron chi connectivity index (χ3n) is 6.22. The van der Waals surface area contributed by atoms with Crippen molar-refractivity contribution in [3.05, 3.63) is 82.9 Å². The summed E-state index contributed by atoms with van der Waals surface area (Å²) in [6, 6.07) is 17.7. The number of rotatable bonds is 7. The lowest BCUT2D eigenvalue weighted by molar-refractivity contribution is 0.0694. The van der Waals surface area contributed by atoms with Crippen LogP contribution in [-0.2, 0) is 16.4 Å². The van der Waals surface area contributed by atoms with Crippen LogP contribution in [0.2, 0.25) is 0 Å². The highest BCUT2D eigenvalue weighted by Crippen LogP contribution is 2.41. The van der Waals surface area contributed by atoms with Crippen LogP contribution >= 0.6 is 0 Å². The van der Waals surface area contributed by atoms with Crippen LogP contribution in [0.1, 0.15) is 33.1 Å². The van der Waals surface area contributed by atoms with Crippen molar-refractivity contribution < 1.29 is 27.4 Å². The SMILES string of the molecule is CNS(=O)(=O)c1cc(C(=O)N2CCc3cc(OC)c(OC)cc3C2c2ccccc2)ccc1OC. The second kappa shape index (κ2) is 9.97. The first-order valence-electron chi connectivity index (χ1n) is 11.1. The summed E-state index contributed by atoms with van der Waals surface area (Å²) < 4.78 is 43.7. The molecule has 1 N–H and O–H groups in total. The van der Waals surface area contributed by atoms with Crippen LogP contribution in [0.25, 0.3) is 0 Å². The molecular formula is C26H28N2O6S. The molecule has 1 unspecified atom stereocenters. The average Bonchev–Trinajstić information content (AvgIpc) is 2.91. The normalized spacial score (nSPS) is 15.3. The quantitative estimate of drug-likeness (QED) is 0.539. The molecule has 9 heteroatoms. The molecule has 0 fully saturated rings. The Bertz CT molecular complexity index is 1340. The Labute approximate surface area is 205 Å². The molecule has 35 heavy (non-hydrogen) atoms. The Morgan fingerprint density at radius 2 is 1.57 bits per heavy atom. The van der Waals surface area contributed by atoms with Gasteiger partial charge in [0.15, 0.2) is 11.5 Å². The number of carbonyl (C=O) groups excluding carboxylic acids is 1. The number of carbonyl (C=O) groups is 1. The topological polar surface area (TPSA) is 94.2 Å². The minimum absolute atomic E-state index is 0.0894. The number of hydrogen-bond acceptors (Lipinski definition) is 6. The fourth-order valence-corrected chi connectivity index (χ4v) is 5.37. The second-order valence-corrected chi connectivity index (χ2v) is 9.90. The fourth-order valence-electron chi connectivity index (χ4n) is 4.45. The summed E-state index contributed by atoms with van der Waals surface area (Å²) in [5, 5.41) is 0. The van der Waals surface area contributed by atoms with Gasteiger partial charge in [-0.25, -0.2) is 13.1 Å². The summed E-state index contributed by atoms with van der Waals surface area (Å²) in [6.07, 6.45) is 0.614. The van der Waals surface area contributed by atoms with Crippen molar-refractivity contribution >= 4 is 15.9 Å². The first-order chi connectivity index (χ1) is 16.8. The number of benzene rings is 3. The molecule has 3 aromatic rings. The van der Waals surface area contributed by atoms with Crippen molar-refractivity contribution in [3.8, 4) is 17.2 Å². The molecule has 0 aliphatic carbocycles. The van der Waals surface area contributed by atoms with Gasteiger partial charge < -0.3 is 19.1 Å². The van der Waals surface area contributed by atoms with E-state index in [2.05, 4.69) is 4.72 Å². The summed E-state index contributed by atoms with van der Waals surface area (Å²) in [7, 11) is 2.04. The number of nitrogens with one attached hydrogen (secondary N) is 1. The molecule has 0 radical (unpaired) electrons. The minimum Gasteiger partial charge on any atom is -0.495 e. The highest BCUT2D eigenvalue weighted by atomic mass is 32.2. The Morgan fingerprint density at radius 1 is 0.914 bits per heavy atom. The zero-order valence-corrected chi connectivity index (χ0v) is 20.9. The van der Waals surface area contributed by atoms with Gasteiger partial charge in [-0.05, 0) is 60.5 Å². The number of fused-ring (bicyclic) bond motifs is 1. The average molecular weight is 497 g/mol. The van der Waals surface area contributed by atoms with Crippen LogP contribution < -0.4 is 18.9 Å². The van der Waals surface area contributed by atoms with Crippen LogP contribution in [0, 0.1) is 0 Å². The number of hydrogen-bond donors (Lipinski definition) is 1. The zero-order chi connectivity index (χ0) is 25.2. The van der Waals surface area contributed by atoms with Gasteiger partial charge in [-0.1, -0.05) is 30.3 Å². The molecule has 1 atom stereocenters. The third kappa shape index (κ3) is 4.56. The highest BCUT2D eigenvalue weighted by molar-refractivity contribution is 7.89. The first-order valence-corrected chi connectivity index (χ1v) is 12.5. The van der Waals surface area contributed by atoms with Crippen molar-refractivity contribution in [1.29, 1.82) is 0 Å². The van der Waals surface area contributed by atoms with Gasteiger partial charge in [0.1, 0.15) is 10.6 Å². The second-order valence-electron chi connectivity index (χ2n) is 8.04. The highest BCUT2D eigenvalue weighted by Gasteiger charge is 2.34. The Morgan fingerprint density at radius 3 is 2.20 bits per heavy atom. The summed E-state index contributed by atoms with van der Waals surface area (Å²) in [6.45, 7) is 0.445. The Hall–Kier alpha value is -3.56. The molecule has 0 spiro atoms. The van der Waals surface area contributed by atoms with Crippen LogP contribution in [0.3, 0.4) is 0 Å². The van der Waals surface area contributed by atoms with E-state index in [0.717, 1.165) is 16.7 Å². The lowest BCUT2D eigenvalue weighted by atomic mass is 9.87. The van der Waals surface area contributed by atoms with E-state index < -0.39 is 16.1 Å². The third-order valence-corrected chi connectivity index (χ3v) is 7.65. The largest absolute Gasteiger partial charge is 0.495 e. The van der Waals surface area contributed by atoms with E-state index in [4.69, 9.17) is 14.2 Å². The van der Waals surface area contributed by atoms with Crippen LogP contribution in [-0.4, -0.2) is 54.1 Å². The lowest BCUT2D eigenvalue weighted by Crippen LogP contribution is -2.40. The fraction of sp³-hybridized carbons (Fsp3) is 0.269. The van der Waals surface area contributed by atoms with Crippen LogP contribution in [0.4, 0.5) is 0 Å². The maximum Gasteiger partial charge on any atom is 0.254 e. The first kappa shape index (κ1) is 24.6. The summed E-state index contributed by atoms with van der Waals surface area (Å²) in [4.78, 5) is 15.5. The molecule has 4 rings (SSSR count). The molecule has 1 amide bonds. The van der Waals surface area contributed by atoms with Crippen molar-refractivity contribution in [2.45, 2.75) is 17.4 Å². The molecular weight excluding hydrogens is 468 g/mol. The van der Waals surface area contributed by atoms with E-state index >= 15 is 0 Å². The van der Waals surface area contributed by atoms with E-state index in [9.17, 15) is 13.2 Å². The van der Waals surface area contributed by atoms with Crippen LogP contribution in [0.5, 0.6) is 17.2 Å². The Kier molecular flexibility index (Phi) is 7.00. The van der Waals surface area contributed by atoms with Crippen molar-refractivity contribution in [2.75, 3.05) is 34.9 Å². The number of ether oxygens (including phenoxy) is 3. The van der Waals surface area contributed by atoms with Gasteiger partial charge >= 0.3 is 0 Å². The van der Waals surface area contributed by atoms with Gasteiger partial charge in [0.05, 0.1) is 27.4 Å². The maximum atomic E-state index is 13.9. The van der Waals surface area contributed by atoms with Gasteiger partial charge in [-0.15, -0.1) is 0 Å². The molecule has 1 heterocycles. The smallest absolute Gasteiger partial charge is 0.254 e. The molecule has 8 nitrogen and oxygen atoms in total. The summed E-state index contributed by atoms with van der Waals surface area (Å²) in [5.41, 5.74) is 3.19. The van der Waals surface area contributed by atoms with Crippen molar-refractivity contribution in [3.63, 3.8) is 0 Å². The molecule has 0 bridgehead atoms. The van der Waals surface area contributed by atoms with Crippen molar-refractivity contribution in [1.82, 2.24) is 9.62 Å². The number of amides is 1. The lowest BCUT2D eigenvalue weighted by Gasteiger charge is -2.38. The van der Waals surface area contributed by atoms with E-state index in [-0.39, 0.29) is 22.1 Å². The van der Waals surface area contributed by atoms with E-state index in [1.165, 1.54) is 26.3 Å². The predicted molar refractivity (Wildman–Crippen MR) is 132 cm³/mol. The minimum atomic E-state index is -3.83. The van der Waals surface area contributed by atoms with Gasteiger partial charge in [-0.2, -0.15) is 0 Å². The van der Waals surface area contributed by atoms with Gasteiger partial charge in [-0.3, -0.25) is 4.79 Å². The summed E-state index contributed by atoms with van der Waals surface area (Å²) >= 11 is 0. The number of nitrogens with zero attached hydrogens (tertiary/aromatic N) is 1.